The van der Waals surface area contributed by atoms with Crippen LogP contribution in [0.3, 0.4) is 0 Å². The molecule has 0 aromatic rings. The lowest BCUT2D eigenvalue weighted by Crippen LogP contribution is -2.60. The highest BCUT2D eigenvalue weighted by molar-refractivity contribution is 6.00. The Bertz CT molecular complexity index is 1090. The van der Waals surface area contributed by atoms with E-state index in [9.17, 15) is 14.4 Å². The van der Waals surface area contributed by atoms with Gasteiger partial charge in [0.05, 0.1) is 11.5 Å². The molecule has 2 aliphatic heterocycles. The van der Waals surface area contributed by atoms with Crippen LogP contribution in [-0.2, 0) is 23.9 Å². The lowest BCUT2D eigenvalue weighted by atomic mass is 9.43. The molecule has 6 aliphatic rings. The van der Waals surface area contributed by atoms with Gasteiger partial charge in [-0.05, 0) is 49.4 Å². The van der Waals surface area contributed by atoms with E-state index in [1.165, 1.54) is 5.57 Å². The Labute approximate surface area is 209 Å². The average molecular weight is 483 g/mol. The normalized spacial score (nSPS) is 52.7. The van der Waals surface area contributed by atoms with Gasteiger partial charge in [-0.15, -0.1) is 0 Å². The van der Waals surface area contributed by atoms with Crippen LogP contribution in [0.2, 0.25) is 0 Å². The molecule has 35 heavy (non-hydrogen) atoms. The molecule has 5 heteroatoms. The van der Waals surface area contributed by atoms with Crippen molar-refractivity contribution in [1.29, 1.82) is 0 Å². The van der Waals surface area contributed by atoms with Crippen LogP contribution in [0.25, 0.3) is 0 Å². The molecule has 5 nitrogen and oxygen atoms in total. The molecule has 0 amide bonds. The lowest BCUT2D eigenvalue weighted by molar-refractivity contribution is -0.254. The number of ether oxygens (including phenoxy) is 2. The van der Waals surface area contributed by atoms with E-state index in [0.717, 1.165) is 37.7 Å². The number of allylic oxidation sites excluding steroid dienone is 2. The summed E-state index contributed by atoms with van der Waals surface area (Å²) in [5, 5.41) is 0. The molecule has 6 rings (SSSR count). The maximum atomic E-state index is 14.3. The quantitative estimate of drug-likeness (QED) is 0.400. The molecule has 4 fully saturated rings. The van der Waals surface area contributed by atoms with Gasteiger partial charge in [0.1, 0.15) is 5.78 Å². The predicted molar refractivity (Wildman–Crippen MR) is 131 cm³/mol. The van der Waals surface area contributed by atoms with Crippen LogP contribution in [0.1, 0.15) is 106 Å². The van der Waals surface area contributed by atoms with Gasteiger partial charge in [-0.1, -0.05) is 54.0 Å². The van der Waals surface area contributed by atoms with Crippen molar-refractivity contribution in [2.75, 3.05) is 0 Å². The van der Waals surface area contributed by atoms with Gasteiger partial charge < -0.3 is 9.47 Å². The Balaban J connectivity index is 1.45. The summed E-state index contributed by atoms with van der Waals surface area (Å²) in [6.07, 6.45) is 6.89. The van der Waals surface area contributed by atoms with Crippen LogP contribution in [0, 0.1) is 39.4 Å². The summed E-state index contributed by atoms with van der Waals surface area (Å²) in [6, 6.07) is 0. The third kappa shape index (κ3) is 2.57. The van der Waals surface area contributed by atoms with E-state index in [2.05, 4.69) is 41.5 Å². The SMILES string of the molecule is C[C@@H]1C[C@@]2(C[C@@H](C)[C@@]3(CC[C@@]4(C)C5=C(C(=O)C[C@@]43C)[C@@]3(C)CCC(=O)C(C)(C)[C@@H]3CC5)O2)OC1=O. The first-order valence-corrected chi connectivity index (χ1v) is 13.9. The summed E-state index contributed by atoms with van der Waals surface area (Å²) < 4.78 is 12.9. The van der Waals surface area contributed by atoms with E-state index >= 15 is 0 Å². The van der Waals surface area contributed by atoms with Crippen molar-refractivity contribution in [2.24, 2.45) is 39.4 Å². The number of carbonyl (C=O) groups excluding carboxylic acids is 3. The second-order valence-corrected chi connectivity index (χ2v) is 14.3. The maximum absolute atomic E-state index is 14.3. The third-order valence-electron chi connectivity index (χ3n) is 12.5. The van der Waals surface area contributed by atoms with Gasteiger partial charge in [-0.2, -0.15) is 0 Å². The molecule has 2 heterocycles. The summed E-state index contributed by atoms with van der Waals surface area (Å²) in [6.45, 7) is 15.3. The van der Waals surface area contributed by atoms with Crippen LogP contribution < -0.4 is 0 Å². The second kappa shape index (κ2) is 6.68. The van der Waals surface area contributed by atoms with Crippen molar-refractivity contribution in [1.82, 2.24) is 0 Å². The molecule has 0 bridgehead atoms. The molecule has 0 radical (unpaired) electrons. The van der Waals surface area contributed by atoms with Crippen molar-refractivity contribution >= 4 is 17.5 Å². The highest BCUT2D eigenvalue weighted by Crippen LogP contribution is 2.75. The highest BCUT2D eigenvalue weighted by atomic mass is 16.7. The molecule has 0 unspecified atom stereocenters. The molecule has 0 aromatic heterocycles. The van der Waals surface area contributed by atoms with Crippen molar-refractivity contribution in [3.8, 4) is 0 Å². The summed E-state index contributed by atoms with van der Waals surface area (Å²) >= 11 is 0. The van der Waals surface area contributed by atoms with Crippen molar-refractivity contribution in [2.45, 2.75) is 118 Å². The van der Waals surface area contributed by atoms with E-state index in [1.54, 1.807) is 0 Å². The molecule has 8 atom stereocenters. The monoisotopic (exact) mass is 482 g/mol. The Morgan fingerprint density at radius 3 is 2.26 bits per heavy atom. The van der Waals surface area contributed by atoms with E-state index in [0.29, 0.717) is 31.5 Å². The number of rotatable bonds is 0. The fourth-order valence-corrected chi connectivity index (χ4v) is 10.5. The van der Waals surface area contributed by atoms with Crippen LogP contribution in [0.5, 0.6) is 0 Å². The molecule has 192 valence electrons. The highest BCUT2D eigenvalue weighted by Gasteiger charge is 2.75. The fourth-order valence-electron chi connectivity index (χ4n) is 10.5. The predicted octanol–water partition coefficient (Wildman–Crippen LogP) is 5.94. The molecular formula is C30H42O5. The van der Waals surface area contributed by atoms with Crippen molar-refractivity contribution < 1.29 is 23.9 Å². The number of Topliss-reactive ketones (excluding diaryl/α,β-unsaturated/α-hetero) is 2. The van der Waals surface area contributed by atoms with Crippen LogP contribution >= 0.6 is 0 Å². The third-order valence-corrected chi connectivity index (χ3v) is 12.5. The topological polar surface area (TPSA) is 69.7 Å². The minimum atomic E-state index is -0.834. The number of esters is 1. The first-order chi connectivity index (χ1) is 16.2. The van der Waals surface area contributed by atoms with E-state index in [4.69, 9.17) is 9.47 Å². The zero-order chi connectivity index (χ0) is 25.4. The smallest absolute Gasteiger partial charge is 0.311 e. The van der Waals surface area contributed by atoms with Crippen LogP contribution in [0.15, 0.2) is 11.1 Å². The van der Waals surface area contributed by atoms with Gasteiger partial charge in [-0.25, -0.2) is 0 Å². The number of fused-ring (bicyclic) bond motifs is 5. The lowest BCUT2D eigenvalue weighted by Gasteiger charge is -2.61. The van der Waals surface area contributed by atoms with Gasteiger partial charge in [-0.3, -0.25) is 14.4 Å². The first-order valence-electron chi connectivity index (χ1n) is 13.9. The molecule has 2 saturated heterocycles. The van der Waals surface area contributed by atoms with Crippen LogP contribution in [-0.4, -0.2) is 28.9 Å². The summed E-state index contributed by atoms with van der Waals surface area (Å²) in [5.74, 6) is -0.0983. The molecule has 2 spiro atoms. The molecule has 0 aromatic carbocycles. The average Bonchev–Trinajstić information content (AvgIpc) is 3.29. The van der Waals surface area contributed by atoms with E-state index in [-0.39, 0.29) is 51.2 Å². The van der Waals surface area contributed by atoms with Crippen molar-refractivity contribution in [3.05, 3.63) is 11.1 Å². The summed E-state index contributed by atoms with van der Waals surface area (Å²) in [5.41, 5.74) is 0.840. The van der Waals surface area contributed by atoms with Crippen LogP contribution in [0.4, 0.5) is 0 Å². The van der Waals surface area contributed by atoms with Gasteiger partial charge in [0.2, 0.25) is 5.79 Å². The van der Waals surface area contributed by atoms with Gasteiger partial charge in [0.25, 0.3) is 0 Å². The zero-order valence-corrected chi connectivity index (χ0v) is 22.6. The number of ketones is 2. The molecule has 0 N–H and O–H groups in total. The first kappa shape index (κ1) is 23.9. The summed E-state index contributed by atoms with van der Waals surface area (Å²) in [7, 11) is 0. The number of hydrogen-bond acceptors (Lipinski definition) is 5. The van der Waals surface area contributed by atoms with Gasteiger partial charge >= 0.3 is 5.97 Å². The minimum absolute atomic E-state index is 0.135. The Morgan fingerprint density at radius 1 is 0.886 bits per heavy atom. The van der Waals surface area contributed by atoms with Crippen molar-refractivity contribution in [3.63, 3.8) is 0 Å². The zero-order valence-electron chi connectivity index (χ0n) is 22.6. The second-order valence-electron chi connectivity index (χ2n) is 14.3. The van der Waals surface area contributed by atoms with E-state index in [1.807, 2.05) is 6.92 Å². The molecule has 2 saturated carbocycles. The Morgan fingerprint density at radius 2 is 1.60 bits per heavy atom. The largest absolute Gasteiger partial charge is 0.433 e. The Hall–Kier alpha value is -1.49. The molecular weight excluding hydrogens is 440 g/mol. The van der Waals surface area contributed by atoms with Gasteiger partial charge in [0.15, 0.2) is 5.78 Å². The van der Waals surface area contributed by atoms with Gasteiger partial charge in [0, 0.05) is 47.5 Å². The maximum Gasteiger partial charge on any atom is 0.311 e. The fraction of sp³-hybridized carbons (Fsp3) is 0.833. The molecule has 4 aliphatic carbocycles. The van der Waals surface area contributed by atoms with E-state index < -0.39 is 11.4 Å². The minimum Gasteiger partial charge on any atom is -0.433 e. The standard InChI is InChI=1S/C30H42O5/c1-17-14-29(34-24(17)33)15-18(2)30(35-29)13-12-27(6)19-8-9-21-25(3,4)22(32)10-11-26(21,5)23(19)20(31)16-28(27,30)7/h17-18,21H,8-16H2,1-7H3/t17-,18-,21+,26+,27+,28+,29-,30-/m1/s1. The number of hydrogen-bond donors (Lipinski definition) is 0. The Kier molecular flexibility index (Phi) is 4.56. The summed E-state index contributed by atoms with van der Waals surface area (Å²) in [4.78, 5) is 39.5. The number of carbonyl (C=O) groups is 3.